The monoisotopic (exact) mass is 817 g/mol. The fraction of sp³-hybridized carbons (Fsp3) is 0.429. The first-order valence-corrected chi connectivity index (χ1v) is 20.3. The first-order valence-electron chi connectivity index (χ1n) is 19.0. The van der Waals surface area contributed by atoms with Crippen LogP contribution in [0.4, 0.5) is 5.82 Å². The van der Waals surface area contributed by atoms with Crippen LogP contribution in [-0.2, 0) is 29.1 Å². The maximum atomic E-state index is 13.5. The van der Waals surface area contributed by atoms with Gasteiger partial charge >= 0.3 is 14.2 Å². The second kappa shape index (κ2) is 19.8. The van der Waals surface area contributed by atoms with Crippen LogP contribution < -0.4 is 25.7 Å². The summed E-state index contributed by atoms with van der Waals surface area (Å²) in [6.45, 7) is 9.69. The van der Waals surface area contributed by atoms with Gasteiger partial charge in [-0.05, 0) is 74.7 Å². The highest BCUT2D eigenvalue weighted by molar-refractivity contribution is 7.43. The largest absolute Gasteiger partial charge is 0.497 e. The summed E-state index contributed by atoms with van der Waals surface area (Å²) in [6, 6.07) is 28.6. The Morgan fingerprint density at radius 1 is 0.931 bits per heavy atom. The number of amides is 1. The number of aromatic nitrogens is 2. The van der Waals surface area contributed by atoms with Gasteiger partial charge < -0.3 is 38.4 Å². The van der Waals surface area contributed by atoms with Crippen molar-refractivity contribution in [2.45, 2.75) is 83.3 Å². The molecule has 5 atom stereocenters. The van der Waals surface area contributed by atoms with E-state index in [1.165, 1.54) is 30.9 Å². The molecule has 3 N–H and O–H groups in total. The van der Waals surface area contributed by atoms with Crippen LogP contribution in [0.1, 0.15) is 64.0 Å². The van der Waals surface area contributed by atoms with E-state index in [-0.39, 0.29) is 41.4 Å². The van der Waals surface area contributed by atoms with Gasteiger partial charge in [0.05, 0.1) is 33.3 Å². The van der Waals surface area contributed by atoms with Crippen LogP contribution in [0.2, 0.25) is 0 Å². The molecule has 1 aromatic heterocycles. The number of carbonyl (C=O) groups is 1. The number of hydrogen-bond acceptors (Lipinski definition) is 12. The summed E-state index contributed by atoms with van der Waals surface area (Å²) in [6.07, 6.45) is -2.26. The Hall–Kier alpha value is -4.75. The summed E-state index contributed by atoms with van der Waals surface area (Å²) in [4.78, 5) is 41.1. The van der Waals surface area contributed by atoms with E-state index < -0.39 is 44.4 Å². The van der Waals surface area contributed by atoms with Crippen LogP contribution in [0.25, 0.3) is 0 Å². The van der Waals surface area contributed by atoms with Crippen LogP contribution in [-0.4, -0.2) is 89.8 Å². The van der Waals surface area contributed by atoms with E-state index in [0.29, 0.717) is 18.0 Å². The van der Waals surface area contributed by atoms with E-state index in [9.17, 15) is 19.7 Å². The van der Waals surface area contributed by atoms with Gasteiger partial charge in [0.1, 0.15) is 59.9 Å². The summed E-state index contributed by atoms with van der Waals surface area (Å²) in [5.41, 5.74) is 0.453. The first-order chi connectivity index (χ1) is 27.8. The zero-order chi connectivity index (χ0) is 42.0. The maximum absolute atomic E-state index is 13.5. The molecule has 310 valence electrons. The van der Waals surface area contributed by atoms with E-state index in [4.69, 9.17) is 28.2 Å². The molecule has 1 fully saturated rings. The lowest BCUT2D eigenvalue weighted by Gasteiger charge is -2.45. The molecule has 1 aliphatic heterocycles. The van der Waals surface area contributed by atoms with E-state index in [1.807, 2.05) is 107 Å². The summed E-state index contributed by atoms with van der Waals surface area (Å²) in [5.74, 6) is 1.03. The Balaban J connectivity index is 1.61. The van der Waals surface area contributed by atoms with Crippen molar-refractivity contribution in [3.8, 4) is 17.6 Å². The van der Waals surface area contributed by atoms with Crippen LogP contribution >= 0.6 is 8.53 Å². The Morgan fingerprint density at radius 3 is 1.98 bits per heavy atom. The summed E-state index contributed by atoms with van der Waals surface area (Å²) < 4.78 is 38.9. The number of carbonyl (C=O) groups excluding carboxylic acids is 1. The van der Waals surface area contributed by atoms with E-state index in [2.05, 4.69) is 21.6 Å². The Labute approximate surface area is 341 Å². The number of benzene rings is 3. The average molecular weight is 818 g/mol. The number of rotatable bonds is 19. The van der Waals surface area contributed by atoms with Gasteiger partial charge in [-0.15, -0.1) is 0 Å². The third-order valence-corrected chi connectivity index (χ3v) is 11.5. The lowest BCUT2D eigenvalue weighted by molar-refractivity contribution is -0.994. The third-order valence-electron chi connectivity index (χ3n) is 10.5. The van der Waals surface area contributed by atoms with E-state index in [0.717, 1.165) is 16.7 Å². The molecular formula is C42H54N6O9P+. The van der Waals surface area contributed by atoms with Crippen molar-refractivity contribution >= 4 is 20.3 Å². The fourth-order valence-electron chi connectivity index (χ4n) is 7.51. The topological polar surface area (TPSA) is 175 Å². The molecule has 0 saturated carbocycles. The quantitative estimate of drug-likeness (QED) is 0.0450. The van der Waals surface area contributed by atoms with Crippen molar-refractivity contribution in [3.63, 3.8) is 0 Å². The predicted octanol–water partition coefficient (Wildman–Crippen LogP) is 5.80. The van der Waals surface area contributed by atoms with Gasteiger partial charge in [-0.3, -0.25) is 9.36 Å². The molecule has 58 heavy (non-hydrogen) atoms. The van der Waals surface area contributed by atoms with Gasteiger partial charge in [0, 0.05) is 20.2 Å². The summed E-state index contributed by atoms with van der Waals surface area (Å²) in [5, 5.41) is 15.3. The number of nitriles is 1. The molecule has 0 aliphatic carbocycles. The SMILES string of the molecule is COc1ccc(C(OC[C@H]2O[C@@H](n3ccc(NC(C)=O)nc3=O)[C@H](OC)[C@@H]2OP(O)N[N+](CCC#N)(C(C)C)C(C)C)(c2ccccc2)c2ccc(OC)cc2)cc1. The van der Waals surface area contributed by atoms with Gasteiger partial charge in [0.25, 0.3) is 0 Å². The van der Waals surface area contributed by atoms with Crippen LogP contribution in [0.5, 0.6) is 11.5 Å². The number of nitrogens with one attached hydrogen (secondary N) is 2. The highest BCUT2D eigenvalue weighted by atomic mass is 31.2. The molecule has 0 radical (unpaired) electrons. The minimum absolute atomic E-state index is 0.0358. The van der Waals surface area contributed by atoms with Gasteiger partial charge in [-0.2, -0.15) is 10.2 Å². The van der Waals surface area contributed by atoms with Crippen molar-refractivity contribution in [1.82, 2.24) is 14.7 Å². The Morgan fingerprint density at radius 2 is 1.50 bits per heavy atom. The summed E-state index contributed by atoms with van der Waals surface area (Å²) >= 11 is 0. The molecule has 1 saturated heterocycles. The smallest absolute Gasteiger partial charge is 0.351 e. The van der Waals surface area contributed by atoms with Crippen molar-refractivity contribution in [3.05, 3.63) is 118 Å². The standard InChI is InChI=1S/C42H53N6O9P/c1-28(2)48(29(3)4,26-12-24-43)46-58(51)57-38-36(56-40(39(38)54-8)47-25-23-37(44-30(5)49)45-41(47)50)27-55-42(31-13-10-9-11-14-31,32-15-19-34(52-6)20-16-32)33-17-21-35(53-7)22-18-33/h9-11,13-23,25,28-29,36,38-40,46,51H,12,26-27H2,1-8H3/p+1/t36-,38-,39-,40-,58?/m1/s1. The summed E-state index contributed by atoms with van der Waals surface area (Å²) in [7, 11) is 2.28. The maximum Gasteiger partial charge on any atom is 0.351 e. The van der Waals surface area contributed by atoms with Gasteiger partial charge in [-0.25, -0.2) is 9.39 Å². The van der Waals surface area contributed by atoms with Gasteiger partial charge in [-0.1, -0.05) is 59.8 Å². The molecule has 1 unspecified atom stereocenters. The number of nitrogens with zero attached hydrogens (tertiary/aromatic N) is 4. The third kappa shape index (κ3) is 9.58. The van der Waals surface area contributed by atoms with Crippen LogP contribution in [0.15, 0.2) is 95.9 Å². The molecular weight excluding hydrogens is 763 g/mol. The normalized spacial score (nSPS) is 18.9. The van der Waals surface area contributed by atoms with Crippen molar-refractivity contribution < 1.29 is 42.5 Å². The highest BCUT2D eigenvalue weighted by Crippen LogP contribution is 2.45. The lowest BCUT2D eigenvalue weighted by atomic mass is 9.80. The second-order valence-corrected chi connectivity index (χ2v) is 15.4. The number of quaternary nitrogens is 1. The van der Waals surface area contributed by atoms with Crippen molar-refractivity contribution in [1.29, 1.82) is 5.26 Å². The molecule has 3 aromatic carbocycles. The minimum atomic E-state index is -2.39. The van der Waals surface area contributed by atoms with E-state index >= 15 is 0 Å². The number of hydrogen-bond donors (Lipinski definition) is 3. The van der Waals surface area contributed by atoms with Gasteiger partial charge in [0.2, 0.25) is 5.91 Å². The van der Waals surface area contributed by atoms with Crippen molar-refractivity contribution in [2.75, 3.05) is 39.8 Å². The minimum Gasteiger partial charge on any atom is -0.497 e. The zero-order valence-electron chi connectivity index (χ0n) is 34.2. The molecule has 5 rings (SSSR count). The first kappa shape index (κ1) is 44.4. The molecule has 1 aliphatic rings. The second-order valence-electron chi connectivity index (χ2n) is 14.5. The number of methoxy groups -OCH3 is 3. The zero-order valence-corrected chi connectivity index (χ0v) is 35.1. The van der Waals surface area contributed by atoms with Crippen molar-refractivity contribution in [2.24, 2.45) is 0 Å². The molecule has 1 amide bonds. The average Bonchev–Trinajstić information content (AvgIpc) is 3.56. The van der Waals surface area contributed by atoms with E-state index in [1.54, 1.807) is 14.2 Å². The number of anilines is 1. The van der Waals surface area contributed by atoms with Crippen LogP contribution in [0, 0.1) is 11.3 Å². The molecule has 0 spiro atoms. The predicted molar refractivity (Wildman–Crippen MR) is 219 cm³/mol. The molecule has 2 heterocycles. The van der Waals surface area contributed by atoms with Crippen LogP contribution in [0.3, 0.4) is 0 Å². The Bertz CT molecular complexity index is 1990. The molecule has 15 nitrogen and oxygen atoms in total. The van der Waals surface area contributed by atoms with Gasteiger partial charge in [0.15, 0.2) is 6.23 Å². The Kier molecular flexibility index (Phi) is 15.1. The lowest BCUT2D eigenvalue weighted by Crippen LogP contribution is -2.64. The molecule has 0 bridgehead atoms. The fourth-order valence-corrected chi connectivity index (χ4v) is 8.92. The molecule has 4 aromatic rings. The number of ether oxygens (including phenoxy) is 5. The highest BCUT2D eigenvalue weighted by Gasteiger charge is 2.51. The molecule has 16 heteroatoms.